The smallest absolute Gasteiger partial charge is 0.227 e. The van der Waals surface area contributed by atoms with Gasteiger partial charge in [0.15, 0.2) is 0 Å². The zero-order valence-corrected chi connectivity index (χ0v) is 16.3. The monoisotopic (exact) mass is 355 g/mol. The van der Waals surface area contributed by atoms with Crippen LogP contribution in [0.3, 0.4) is 0 Å². The molecule has 2 aromatic rings. The lowest BCUT2D eigenvalue weighted by atomic mass is 9.88. The van der Waals surface area contributed by atoms with E-state index in [-0.39, 0.29) is 11.3 Å². The molecular weight excluding hydrogens is 326 g/mol. The highest BCUT2D eigenvalue weighted by molar-refractivity contribution is 5.81. The van der Waals surface area contributed by atoms with Crippen LogP contribution in [0.4, 0.5) is 0 Å². The van der Waals surface area contributed by atoms with Crippen molar-refractivity contribution < 1.29 is 4.79 Å². The fourth-order valence-corrected chi connectivity index (χ4v) is 3.60. The number of rotatable bonds is 4. The quantitative estimate of drug-likeness (QED) is 0.845. The van der Waals surface area contributed by atoms with Gasteiger partial charge in [-0.05, 0) is 38.2 Å². The summed E-state index contributed by atoms with van der Waals surface area (Å²) in [6.07, 6.45) is 8.26. The van der Waals surface area contributed by atoms with Gasteiger partial charge in [-0.3, -0.25) is 19.4 Å². The van der Waals surface area contributed by atoms with E-state index in [1.165, 1.54) is 0 Å². The molecule has 1 aliphatic heterocycles. The minimum Gasteiger partial charge on any atom is -0.342 e. The molecular formula is C20H29N5O. The second-order valence-electron chi connectivity index (χ2n) is 8.07. The Morgan fingerprint density at radius 1 is 1.15 bits per heavy atom. The van der Waals surface area contributed by atoms with E-state index in [4.69, 9.17) is 0 Å². The average Bonchev–Trinajstić information content (AvgIpc) is 3.10. The molecule has 26 heavy (non-hydrogen) atoms. The third-order valence-corrected chi connectivity index (χ3v) is 5.06. The summed E-state index contributed by atoms with van der Waals surface area (Å²) in [4.78, 5) is 23.7. The zero-order chi connectivity index (χ0) is 18.7. The first kappa shape index (κ1) is 18.5. The van der Waals surface area contributed by atoms with Crippen molar-refractivity contribution in [1.29, 1.82) is 0 Å². The van der Waals surface area contributed by atoms with Crippen molar-refractivity contribution in [3.8, 4) is 11.4 Å². The third kappa shape index (κ3) is 3.94. The standard InChI is InChI=1S/C20H29N5O/c1-5-25-17(6-9-23-25)18-16(21-10-11-22-18)14-15-7-12-24(13-8-15)19(26)20(2,3)4/h6,9-11,15H,5,7-8,12-14H2,1-4H3. The van der Waals surface area contributed by atoms with Crippen LogP contribution in [0.15, 0.2) is 24.7 Å². The first-order valence-corrected chi connectivity index (χ1v) is 9.51. The Kier molecular flexibility index (Phi) is 5.39. The van der Waals surface area contributed by atoms with E-state index >= 15 is 0 Å². The lowest BCUT2D eigenvalue weighted by molar-refractivity contribution is -0.140. The van der Waals surface area contributed by atoms with Crippen LogP contribution < -0.4 is 0 Å². The van der Waals surface area contributed by atoms with Gasteiger partial charge in [0, 0.05) is 43.6 Å². The summed E-state index contributed by atoms with van der Waals surface area (Å²) in [5, 5.41) is 4.36. The van der Waals surface area contributed by atoms with Gasteiger partial charge < -0.3 is 4.90 Å². The first-order chi connectivity index (χ1) is 12.4. The van der Waals surface area contributed by atoms with Gasteiger partial charge in [-0.2, -0.15) is 5.10 Å². The molecule has 0 aliphatic carbocycles. The molecule has 1 fully saturated rings. The molecule has 1 aliphatic rings. The molecule has 6 heteroatoms. The van der Waals surface area contributed by atoms with Gasteiger partial charge in [-0.15, -0.1) is 0 Å². The summed E-state index contributed by atoms with van der Waals surface area (Å²) in [6.45, 7) is 10.5. The Morgan fingerprint density at radius 3 is 2.50 bits per heavy atom. The number of hydrogen-bond donors (Lipinski definition) is 0. The fraction of sp³-hybridized carbons (Fsp3) is 0.600. The highest BCUT2D eigenvalue weighted by Gasteiger charge is 2.30. The Morgan fingerprint density at radius 2 is 1.85 bits per heavy atom. The third-order valence-electron chi connectivity index (χ3n) is 5.06. The number of carbonyl (C=O) groups is 1. The van der Waals surface area contributed by atoms with Crippen LogP contribution in [0.2, 0.25) is 0 Å². The van der Waals surface area contributed by atoms with Gasteiger partial charge in [-0.1, -0.05) is 20.8 Å². The van der Waals surface area contributed by atoms with E-state index in [0.29, 0.717) is 5.92 Å². The number of likely N-dealkylation sites (tertiary alicyclic amines) is 1. The number of hydrogen-bond acceptors (Lipinski definition) is 4. The lowest BCUT2D eigenvalue weighted by Gasteiger charge is -2.35. The Hall–Kier alpha value is -2.24. The molecule has 0 aromatic carbocycles. The maximum Gasteiger partial charge on any atom is 0.227 e. The number of piperidine rings is 1. The SMILES string of the molecule is CCn1nccc1-c1nccnc1CC1CCN(C(=O)C(C)(C)C)CC1. The Balaban J connectivity index is 1.69. The second kappa shape index (κ2) is 7.56. The van der Waals surface area contributed by atoms with Crippen molar-refractivity contribution in [1.82, 2.24) is 24.6 Å². The van der Waals surface area contributed by atoms with Crippen molar-refractivity contribution in [2.45, 2.75) is 53.5 Å². The number of amides is 1. The first-order valence-electron chi connectivity index (χ1n) is 9.51. The number of aromatic nitrogens is 4. The Labute approximate surface area is 155 Å². The van der Waals surface area contributed by atoms with E-state index in [2.05, 4.69) is 22.0 Å². The highest BCUT2D eigenvalue weighted by Crippen LogP contribution is 2.28. The fourth-order valence-electron chi connectivity index (χ4n) is 3.60. The molecule has 0 unspecified atom stereocenters. The summed E-state index contributed by atoms with van der Waals surface area (Å²) in [5.74, 6) is 0.787. The summed E-state index contributed by atoms with van der Waals surface area (Å²) >= 11 is 0. The summed E-state index contributed by atoms with van der Waals surface area (Å²) in [7, 11) is 0. The second-order valence-corrected chi connectivity index (χ2v) is 8.07. The largest absolute Gasteiger partial charge is 0.342 e. The predicted octanol–water partition coefficient (Wildman–Crippen LogP) is 3.19. The molecule has 6 nitrogen and oxygen atoms in total. The van der Waals surface area contributed by atoms with Crippen LogP contribution in [-0.2, 0) is 17.8 Å². The minimum absolute atomic E-state index is 0.253. The highest BCUT2D eigenvalue weighted by atomic mass is 16.2. The molecule has 1 amide bonds. The van der Waals surface area contributed by atoms with Gasteiger partial charge >= 0.3 is 0 Å². The maximum absolute atomic E-state index is 12.5. The van der Waals surface area contributed by atoms with Gasteiger partial charge in [0.2, 0.25) is 5.91 Å². The number of nitrogens with zero attached hydrogens (tertiary/aromatic N) is 5. The normalized spacial score (nSPS) is 16.1. The molecule has 0 spiro atoms. The van der Waals surface area contributed by atoms with Crippen LogP contribution in [0.25, 0.3) is 11.4 Å². The lowest BCUT2D eigenvalue weighted by Crippen LogP contribution is -2.44. The van der Waals surface area contributed by atoms with E-state index in [1.807, 2.05) is 42.6 Å². The summed E-state index contributed by atoms with van der Waals surface area (Å²) < 4.78 is 1.96. The molecule has 0 atom stereocenters. The van der Waals surface area contributed by atoms with E-state index in [9.17, 15) is 4.79 Å². The molecule has 140 valence electrons. The van der Waals surface area contributed by atoms with E-state index < -0.39 is 0 Å². The molecule has 0 N–H and O–H groups in total. The maximum atomic E-state index is 12.5. The van der Waals surface area contributed by atoms with Crippen LogP contribution in [0.5, 0.6) is 0 Å². The molecule has 2 aromatic heterocycles. The molecule has 1 saturated heterocycles. The van der Waals surface area contributed by atoms with Crippen molar-refractivity contribution in [2.75, 3.05) is 13.1 Å². The molecule has 0 saturated carbocycles. The van der Waals surface area contributed by atoms with E-state index in [0.717, 1.165) is 56.0 Å². The van der Waals surface area contributed by atoms with Crippen LogP contribution >= 0.6 is 0 Å². The topological polar surface area (TPSA) is 63.9 Å². The van der Waals surface area contributed by atoms with Crippen molar-refractivity contribution >= 4 is 5.91 Å². The summed E-state index contributed by atoms with van der Waals surface area (Å²) in [5.41, 5.74) is 2.68. The van der Waals surface area contributed by atoms with Crippen LogP contribution in [-0.4, -0.2) is 43.6 Å². The number of aryl methyl sites for hydroxylation is 1. The molecule has 0 radical (unpaired) electrons. The van der Waals surface area contributed by atoms with Crippen molar-refractivity contribution in [3.05, 3.63) is 30.4 Å². The molecule has 3 heterocycles. The average molecular weight is 355 g/mol. The Bertz CT molecular complexity index is 754. The predicted molar refractivity (Wildman–Crippen MR) is 101 cm³/mol. The van der Waals surface area contributed by atoms with Gasteiger partial charge in [0.25, 0.3) is 0 Å². The van der Waals surface area contributed by atoms with Gasteiger partial charge in [0.1, 0.15) is 5.69 Å². The van der Waals surface area contributed by atoms with Crippen molar-refractivity contribution in [3.63, 3.8) is 0 Å². The van der Waals surface area contributed by atoms with E-state index in [1.54, 1.807) is 12.4 Å². The zero-order valence-electron chi connectivity index (χ0n) is 16.3. The van der Waals surface area contributed by atoms with Crippen LogP contribution in [0.1, 0.15) is 46.2 Å². The van der Waals surface area contributed by atoms with Crippen molar-refractivity contribution in [2.24, 2.45) is 11.3 Å². The number of carbonyl (C=O) groups excluding carboxylic acids is 1. The molecule has 0 bridgehead atoms. The van der Waals surface area contributed by atoms with Gasteiger partial charge in [0.05, 0.1) is 11.4 Å². The minimum atomic E-state index is -0.302. The molecule has 3 rings (SSSR count). The summed E-state index contributed by atoms with van der Waals surface area (Å²) in [6, 6.07) is 2.00. The van der Waals surface area contributed by atoms with Gasteiger partial charge in [-0.25, -0.2) is 0 Å². The van der Waals surface area contributed by atoms with Crippen LogP contribution in [0, 0.1) is 11.3 Å².